The molecule has 0 aliphatic carbocycles. The summed E-state index contributed by atoms with van der Waals surface area (Å²) in [4.78, 5) is 28.4. The standard InChI is InChI=1S/C24H22FN3O3/c1-27-24(30)23(28-13-15-31-16-14-28)21(22(26-27)18-5-3-2-4-6-18)20(29)12-9-17-7-10-19(25)11-8-17/h2-12H,13-16H2,1H3/b12-9-. The summed E-state index contributed by atoms with van der Waals surface area (Å²) in [6, 6.07) is 15.1. The van der Waals surface area contributed by atoms with Gasteiger partial charge >= 0.3 is 0 Å². The molecule has 0 saturated carbocycles. The number of aryl methyl sites for hydroxylation is 1. The maximum Gasteiger partial charge on any atom is 0.290 e. The number of benzene rings is 2. The fourth-order valence-corrected chi connectivity index (χ4v) is 3.56. The third-order valence-corrected chi connectivity index (χ3v) is 5.14. The topological polar surface area (TPSA) is 64.4 Å². The first-order valence-corrected chi connectivity index (χ1v) is 10.0. The highest BCUT2D eigenvalue weighted by Crippen LogP contribution is 2.28. The minimum Gasteiger partial charge on any atom is -0.378 e. The number of anilines is 1. The van der Waals surface area contributed by atoms with Gasteiger partial charge in [0.1, 0.15) is 17.2 Å². The Hall–Kier alpha value is -3.58. The Morgan fingerprint density at radius 2 is 1.74 bits per heavy atom. The van der Waals surface area contributed by atoms with E-state index in [4.69, 9.17) is 4.74 Å². The third-order valence-electron chi connectivity index (χ3n) is 5.14. The Labute approximate surface area is 179 Å². The van der Waals surface area contributed by atoms with Crippen LogP contribution < -0.4 is 10.5 Å². The first kappa shape index (κ1) is 20.7. The van der Waals surface area contributed by atoms with Crippen molar-refractivity contribution in [1.82, 2.24) is 9.78 Å². The Morgan fingerprint density at radius 1 is 1.06 bits per heavy atom. The molecule has 0 radical (unpaired) electrons. The van der Waals surface area contributed by atoms with E-state index in [1.807, 2.05) is 35.2 Å². The van der Waals surface area contributed by atoms with E-state index >= 15 is 0 Å². The lowest BCUT2D eigenvalue weighted by Crippen LogP contribution is -2.42. The predicted octanol–water partition coefficient (Wildman–Crippen LogP) is 3.32. The van der Waals surface area contributed by atoms with Gasteiger partial charge in [-0.2, -0.15) is 5.10 Å². The molecule has 0 atom stereocenters. The third kappa shape index (κ3) is 4.46. The fraction of sp³-hybridized carbons (Fsp3) is 0.208. The van der Waals surface area contributed by atoms with Crippen molar-refractivity contribution in [3.05, 3.63) is 88.0 Å². The summed E-state index contributed by atoms with van der Waals surface area (Å²) in [6.07, 6.45) is 3.01. The first-order chi connectivity index (χ1) is 15.0. The van der Waals surface area contributed by atoms with Gasteiger partial charge < -0.3 is 9.64 Å². The summed E-state index contributed by atoms with van der Waals surface area (Å²) >= 11 is 0. The van der Waals surface area contributed by atoms with Gasteiger partial charge in [0, 0.05) is 25.7 Å². The molecule has 0 N–H and O–H groups in total. The van der Waals surface area contributed by atoms with Gasteiger partial charge in [-0.3, -0.25) is 9.59 Å². The zero-order valence-corrected chi connectivity index (χ0v) is 17.1. The summed E-state index contributed by atoms with van der Waals surface area (Å²) in [5.41, 5.74) is 2.12. The van der Waals surface area contributed by atoms with E-state index in [-0.39, 0.29) is 22.7 Å². The zero-order chi connectivity index (χ0) is 21.8. The van der Waals surface area contributed by atoms with Crippen molar-refractivity contribution in [1.29, 1.82) is 0 Å². The van der Waals surface area contributed by atoms with E-state index in [0.29, 0.717) is 43.2 Å². The number of rotatable bonds is 5. The number of aromatic nitrogens is 2. The molecule has 3 aromatic rings. The Morgan fingerprint density at radius 3 is 2.42 bits per heavy atom. The second-order valence-electron chi connectivity index (χ2n) is 7.22. The van der Waals surface area contributed by atoms with Crippen LogP contribution in [0, 0.1) is 5.82 Å². The van der Waals surface area contributed by atoms with E-state index in [1.54, 1.807) is 25.3 Å². The largest absolute Gasteiger partial charge is 0.378 e. The zero-order valence-electron chi connectivity index (χ0n) is 17.1. The van der Waals surface area contributed by atoms with Crippen LogP contribution in [-0.4, -0.2) is 41.9 Å². The lowest BCUT2D eigenvalue weighted by molar-refractivity contribution is 0.104. The second kappa shape index (κ2) is 9.06. The maximum absolute atomic E-state index is 13.4. The first-order valence-electron chi connectivity index (χ1n) is 10.0. The van der Waals surface area contributed by atoms with Gasteiger partial charge in [0.15, 0.2) is 5.78 Å². The van der Waals surface area contributed by atoms with Gasteiger partial charge in [-0.1, -0.05) is 48.5 Å². The average Bonchev–Trinajstić information content (AvgIpc) is 2.81. The normalized spacial score (nSPS) is 14.2. The van der Waals surface area contributed by atoms with E-state index in [1.165, 1.54) is 22.9 Å². The molecule has 1 fully saturated rings. The molecule has 0 amide bonds. The monoisotopic (exact) mass is 419 g/mol. The summed E-state index contributed by atoms with van der Waals surface area (Å²) in [6.45, 7) is 1.97. The van der Waals surface area contributed by atoms with Crippen LogP contribution in [0.5, 0.6) is 0 Å². The summed E-state index contributed by atoms with van der Waals surface area (Å²) in [7, 11) is 1.58. The number of morpholine rings is 1. The molecule has 2 aromatic carbocycles. The van der Waals surface area contributed by atoms with Gasteiger partial charge in [-0.15, -0.1) is 0 Å². The second-order valence-corrected chi connectivity index (χ2v) is 7.22. The maximum atomic E-state index is 13.4. The molecule has 1 aromatic heterocycles. The lowest BCUT2D eigenvalue weighted by atomic mass is 10.00. The van der Waals surface area contributed by atoms with Gasteiger partial charge in [0.25, 0.3) is 5.56 Å². The fourth-order valence-electron chi connectivity index (χ4n) is 3.56. The molecule has 0 spiro atoms. The Balaban J connectivity index is 1.86. The van der Waals surface area contributed by atoms with Gasteiger partial charge in [-0.25, -0.2) is 9.07 Å². The molecular weight excluding hydrogens is 397 g/mol. The quantitative estimate of drug-likeness (QED) is 0.469. The Kier molecular flexibility index (Phi) is 6.04. The summed E-state index contributed by atoms with van der Waals surface area (Å²) in [5, 5.41) is 4.43. The van der Waals surface area contributed by atoms with E-state index < -0.39 is 0 Å². The number of ether oxygens (including phenoxy) is 1. The van der Waals surface area contributed by atoms with Crippen molar-refractivity contribution in [2.45, 2.75) is 0 Å². The van der Waals surface area contributed by atoms with Crippen LogP contribution >= 0.6 is 0 Å². The minimum absolute atomic E-state index is 0.259. The van der Waals surface area contributed by atoms with Crippen LogP contribution in [0.15, 0.2) is 65.5 Å². The van der Waals surface area contributed by atoms with Crippen molar-refractivity contribution in [2.24, 2.45) is 7.05 Å². The Bertz CT molecular complexity index is 1170. The van der Waals surface area contributed by atoms with Crippen LogP contribution in [-0.2, 0) is 11.8 Å². The number of hydrogen-bond donors (Lipinski definition) is 0. The van der Waals surface area contributed by atoms with Crippen LogP contribution in [0.25, 0.3) is 17.3 Å². The summed E-state index contributed by atoms with van der Waals surface area (Å²) < 4.78 is 19.9. The molecule has 0 bridgehead atoms. The number of nitrogens with zero attached hydrogens (tertiary/aromatic N) is 3. The predicted molar refractivity (Wildman–Crippen MR) is 118 cm³/mol. The molecule has 158 valence electrons. The molecule has 4 rings (SSSR count). The van der Waals surface area contributed by atoms with Crippen molar-refractivity contribution in [3.63, 3.8) is 0 Å². The van der Waals surface area contributed by atoms with E-state index in [9.17, 15) is 14.0 Å². The van der Waals surface area contributed by atoms with Gasteiger partial charge in [-0.05, 0) is 23.8 Å². The molecule has 1 aliphatic heterocycles. The highest BCUT2D eigenvalue weighted by atomic mass is 19.1. The number of allylic oxidation sites excluding steroid dienone is 1. The van der Waals surface area contributed by atoms with Crippen LogP contribution in [0.2, 0.25) is 0 Å². The minimum atomic E-state index is -0.347. The summed E-state index contributed by atoms with van der Waals surface area (Å²) in [5.74, 6) is -0.685. The highest BCUT2D eigenvalue weighted by Gasteiger charge is 2.27. The molecular formula is C24H22FN3O3. The van der Waals surface area contributed by atoms with Gasteiger partial charge in [0.05, 0.1) is 18.8 Å². The highest BCUT2D eigenvalue weighted by molar-refractivity contribution is 6.14. The SMILES string of the molecule is Cn1nc(-c2ccccc2)c(C(=O)/C=C\c2ccc(F)cc2)c(N2CCOCC2)c1=O. The van der Waals surface area contributed by atoms with Crippen molar-refractivity contribution in [3.8, 4) is 11.3 Å². The number of ketones is 1. The van der Waals surface area contributed by atoms with Crippen LogP contribution in [0.4, 0.5) is 10.1 Å². The number of halogens is 1. The lowest BCUT2D eigenvalue weighted by Gasteiger charge is -2.30. The molecule has 6 nitrogen and oxygen atoms in total. The molecule has 31 heavy (non-hydrogen) atoms. The molecule has 7 heteroatoms. The molecule has 1 saturated heterocycles. The van der Waals surface area contributed by atoms with Crippen molar-refractivity contribution >= 4 is 17.5 Å². The number of hydrogen-bond acceptors (Lipinski definition) is 5. The van der Waals surface area contributed by atoms with Crippen LogP contribution in [0.3, 0.4) is 0 Å². The number of carbonyl (C=O) groups is 1. The molecule has 1 aliphatic rings. The van der Waals surface area contributed by atoms with Crippen molar-refractivity contribution < 1.29 is 13.9 Å². The van der Waals surface area contributed by atoms with Gasteiger partial charge in [0.2, 0.25) is 0 Å². The number of carbonyl (C=O) groups excluding carboxylic acids is 1. The van der Waals surface area contributed by atoms with Crippen LogP contribution in [0.1, 0.15) is 15.9 Å². The smallest absolute Gasteiger partial charge is 0.290 e. The molecule has 2 heterocycles. The molecule has 0 unspecified atom stereocenters. The van der Waals surface area contributed by atoms with E-state index in [2.05, 4.69) is 5.10 Å². The van der Waals surface area contributed by atoms with Crippen molar-refractivity contribution in [2.75, 3.05) is 31.2 Å². The average molecular weight is 419 g/mol. The van der Waals surface area contributed by atoms with E-state index in [0.717, 1.165) is 5.56 Å².